The summed E-state index contributed by atoms with van der Waals surface area (Å²) in [4.78, 5) is 37.6. The zero-order chi connectivity index (χ0) is 23.8. The molecule has 1 fully saturated rings. The molecule has 2 aliphatic heterocycles. The molecule has 34 heavy (non-hydrogen) atoms. The number of pyridine rings is 1. The summed E-state index contributed by atoms with van der Waals surface area (Å²) in [6, 6.07) is 19.4. The van der Waals surface area contributed by atoms with Crippen molar-refractivity contribution in [3.8, 4) is 0 Å². The molecule has 0 bridgehead atoms. The summed E-state index contributed by atoms with van der Waals surface area (Å²) < 4.78 is 0. The molecule has 0 atom stereocenters. The number of imide groups is 1. The zero-order valence-electron chi connectivity index (χ0n) is 19.8. The maximum Gasteiger partial charge on any atom is 0.282 e. The summed E-state index contributed by atoms with van der Waals surface area (Å²) in [5.41, 5.74) is 5.64. The highest BCUT2D eigenvalue weighted by molar-refractivity contribution is 6.45. The van der Waals surface area contributed by atoms with Crippen LogP contribution in [0.1, 0.15) is 22.3 Å². The van der Waals surface area contributed by atoms with Crippen LogP contribution >= 0.6 is 0 Å². The van der Waals surface area contributed by atoms with Crippen molar-refractivity contribution in [2.24, 2.45) is 0 Å². The van der Waals surface area contributed by atoms with Gasteiger partial charge in [0.15, 0.2) is 0 Å². The summed E-state index contributed by atoms with van der Waals surface area (Å²) in [6.07, 6.45) is 1.79. The van der Waals surface area contributed by atoms with Gasteiger partial charge in [0.1, 0.15) is 11.5 Å². The van der Waals surface area contributed by atoms with Crippen LogP contribution in [0.3, 0.4) is 0 Å². The molecule has 0 unspecified atom stereocenters. The summed E-state index contributed by atoms with van der Waals surface area (Å²) >= 11 is 0. The first kappa shape index (κ1) is 21.9. The topological polar surface area (TPSA) is 56.8 Å². The second-order valence-electron chi connectivity index (χ2n) is 8.97. The van der Waals surface area contributed by atoms with E-state index in [2.05, 4.69) is 14.8 Å². The van der Waals surface area contributed by atoms with Gasteiger partial charge in [0.25, 0.3) is 11.8 Å². The number of hydrogen-bond acceptors (Lipinski definition) is 5. The zero-order valence-corrected chi connectivity index (χ0v) is 19.8. The molecule has 6 nitrogen and oxygen atoms in total. The fourth-order valence-electron chi connectivity index (χ4n) is 4.67. The molecule has 172 valence electrons. The Morgan fingerprint density at radius 1 is 0.735 bits per heavy atom. The summed E-state index contributed by atoms with van der Waals surface area (Å²) in [5, 5.41) is 0. The van der Waals surface area contributed by atoms with Crippen LogP contribution in [0.5, 0.6) is 0 Å². The smallest absolute Gasteiger partial charge is 0.282 e. The number of anilines is 2. The first-order valence-corrected chi connectivity index (χ1v) is 11.6. The van der Waals surface area contributed by atoms with Crippen molar-refractivity contribution < 1.29 is 9.59 Å². The third-order valence-corrected chi connectivity index (χ3v) is 6.68. The lowest BCUT2D eigenvalue weighted by Gasteiger charge is -2.37. The highest BCUT2D eigenvalue weighted by Crippen LogP contribution is 2.36. The van der Waals surface area contributed by atoms with Crippen LogP contribution in [0.25, 0.3) is 5.57 Å². The Morgan fingerprint density at radius 2 is 1.50 bits per heavy atom. The highest BCUT2D eigenvalue weighted by atomic mass is 16.2. The molecule has 0 radical (unpaired) electrons. The number of nitrogens with zero attached hydrogens (tertiary/aromatic N) is 4. The highest BCUT2D eigenvalue weighted by Gasteiger charge is 2.43. The molecule has 0 saturated carbocycles. The Labute approximate surface area is 200 Å². The number of hydrogen-bond donors (Lipinski definition) is 0. The number of aryl methyl sites for hydroxylation is 3. The maximum absolute atomic E-state index is 13.8. The van der Waals surface area contributed by atoms with E-state index in [1.165, 1.54) is 4.90 Å². The average Bonchev–Trinajstić information content (AvgIpc) is 3.11. The number of amides is 2. The molecule has 2 amide bonds. The van der Waals surface area contributed by atoms with Crippen LogP contribution < -0.4 is 9.80 Å². The van der Waals surface area contributed by atoms with Crippen molar-refractivity contribution in [3.05, 3.63) is 94.8 Å². The molecule has 0 aliphatic carbocycles. The summed E-state index contributed by atoms with van der Waals surface area (Å²) in [7, 11) is 0. The van der Waals surface area contributed by atoms with Crippen molar-refractivity contribution in [1.82, 2.24) is 9.88 Å². The number of aromatic nitrogens is 1. The van der Waals surface area contributed by atoms with Gasteiger partial charge in [-0.05, 0) is 67.3 Å². The Kier molecular flexibility index (Phi) is 5.65. The van der Waals surface area contributed by atoms with Gasteiger partial charge in [-0.2, -0.15) is 0 Å². The van der Waals surface area contributed by atoms with E-state index in [9.17, 15) is 9.59 Å². The minimum atomic E-state index is -0.263. The SMILES string of the molecule is Cc1cccc(N2C(=O)C(c3ccc(C)c(C)c3)=C(N3CCN(c4ccccn4)CC3)C2=O)c1. The molecule has 1 saturated heterocycles. The van der Waals surface area contributed by atoms with E-state index in [1.807, 2.05) is 81.4 Å². The average molecular weight is 453 g/mol. The van der Waals surface area contributed by atoms with Gasteiger partial charge in [0.05, 0.1) is 11.3 Å². The van der Waals surface area contributed by atoms with Crippen molar-refractivity contribution in [2.75, 3.05) is 36.0 Å². The predicted molar refractivity (Wildman–Crippen MR) is 135 cm³/mol. The second-order valence-corrected chi connectivity index (χ2v) is 8.97. The lowest BCUT2D eigenvalue weighted by Crippen LogP contribution is -2.48. The summed E-state index contributed by atoms with van der Waals surface area (Å²) in [6.45, 7) is 8.78. The van der Waals surface area contributed by atoms with Gasteiger partial charge >= 0.3 is 0 Å². The van der Waals surface area contributed by atoms with Crippen LogP contribution in [0, 0.1) is 20.8 Å². The van der Waals surface area contributed by atoms with Crippen molar-refractivity contribution >= 4 is 28.9 Å². The lowest BCUT2D eigenvalue weighted by molar-refractivity contribution is -0.120. The third kappa shape index (κ3) is 3.85. The van der Waals surface area contributed by atoms with Crippen LogP contribution in [-0.2, 0) is 9.59 Å². The number of benzene rings is 2. The minimum Gasteiger partial charge on any atom is -0.363 e. The van der Waals surface area contributed by atoms with Crippen LogP contribution in [0.15, 0.2) is 72.6 Å². The molecule has 0 spiro atoms. The van der Waals surface area contributed by atoms with E-state index in [4.69, 9.17) is 0 Å². The van der Waals surface area contributed by atoms with E-state index < -0.39 is 0 Å². The number of piperazine rings is 1. The molecular weight excluding hydrogens is 424 g/mol. The standard InChI is InChI=1S/C28H28N4O2/c1-19-7-6-8-23(17-19)32-27(33)25(22-11-10-20(2)21(3)18-22)26(28(32)34)31-15-13-30(14-16-31)24-9-4-5-12-29-24/h4-12,17-18H,13-16H2,1-3H3. The largest absolute Gasteiger partial charge is 0.363 e. The van der Waals surface area contributed by atoms with Gasteiger partial charge in [-0.15, -0.1) is 0 Å². The van der Waals surface area contributed by atoms with Gasteiger partial charge in [-0.25, -0.2) is 9.88 Å². The normalized spacial score (nSPS) is 16.6. The van der Waals surface area contributed by atoms with Gasteiger partial charge < -0.3 is 9.80 Å². The monoisotopic (exact) mass is 452 g/mol. The number of rotatable bonds is 4. The van der Waals surface area contributed by atoms with Crippen molar-refractivity contribution in [3.63, 3.8) is 0 Å². The Hall–Kier alpha value is -3.93. The van der Waals surface area contributed by atoms with E-state index in [-0.39, 0.29) is 11.8 Å². The number of carbonyl (C=O) groups excluding carboxylic acids is 2. The first-order chi connectivity index (χ1) is 16.4. The minimum absolute atomic E-state index is 0.255. The lowest BCUT2D eigenvalue weighted by atomic mass is 9.99. The Bertz CT molecular complexity index is 1290. The molecule has 6 heteroatoms. The third-order valence-electron chi connectivity index (χ3n) is 6.68. The fraction of sp³-hybridized carbons (Fsp3) is 0.250. The van der Waals surface area contributed by atoms with Gasteiger partial charge in [0, 0.05) is 32.4 Å². The molecule has 3 aromatic rings. The van der Waals surface area contributed by atoms with E-state index in [0.29, 0.717) is 30.0 Å². The summed E-state index contributed by atoms with van der Waals surface area (Å²) in [5.74, 6) is 0.414. The molecule has 1 aromatic heterocycles. The van der Waals surface area contributed by atoms with Crippen LogP contribution in [0.4, 0.5) is 11.5 Å². The fourth-order valence-corrected chi connectivity index (χ4v) is 4.67. The van der Waals surface area contributed by atoms with Crippen LogP contribution in [0.2, 0.25) is 0 Å². The van der Waals surface area contributed by atoms with Gasteiger partial charge in [-0.1, -0.05) is 36.4 Å². The van der Waals surface area contributed by atoms with Crippen molar-refractivity contribution in [1.29, 1.82) is 0 Å². The van der Waals surface area contributed by atoms with Gasteiger partial charge in [-0.3, -0.25) is 9.59 Å². The molecule has 3 heterocycles. The molecule has 2 aliphatic rings. The van der Waals surface area contributed by atoms with Crippen molar-refractivity contribution in [2.45, 2.75) is 20.8 Å². The van der Waals surface area contributed by atoms with E-state index in [0.717, 1.165) is 41.2 Å². The van der Waals surface area contributed by atoms with Gasteiger partial charge in [0.2, 0.25) is 0 Å². The molecule has 0 N–H and O–H groups in total. The Morgan fingerprint density at radius 3 is 2.18 bits per heavy atom. The quantitative estimate of drug-likeness (QED) is 0.558. The molecule has 2 aromatic carbocycles. The second kappa shape index (κ2) is 8.78. The number of carbonyl (C=O) groups is 2. The molecule has 5 rings (SSSR count). The molecular formula is C28H28N4O2. The van der Waals surface area contributed by atoms with E-state index in [1.54, 1.807) is 6.20 Å². The maximum atomic E-state index is 13.8. The van der Waals surface area contributed by atoms with Crippen LogP contribution in [-0.4, -0.2) is 47.9 Å². The predicted octanol–water partition coefficient (Wildman–Crippen LogP) is 4.11. The van der Waals surface area contributed by atoms with E-state index >= 15 is 0 Å². The Balaban J connectivity index is 1.53. The first-order valence-electron chi connectivity index (χ1n) is 11.6.